The fourth-order valence-electron chi connectivity index (χ4n) is 5.02. The molecule has 0 atom stereocenters. The van der Waals surface area contributed by atoms with Crippen molar-refractivity contribution in [3.8, 4) is 5.75 Å². The Hall–Kier alpha value is -1.75. The molecule has 30 heavy (non-hydrogen) atoms. The highest BCUT2D eigenvalue weighted by Gasteiger charge is 2.32. The number of piperazine rings is 1. The molecule has 1 aliphatic carbocycles. The lowest BCUT2D eigenvalue weighted by Crippen LogP contribution is -2.49. The Morgan fingerprint density at radius 1 is 1.07 bits per heavy atom. The van der Waals surface area contributed by atoms with Gasteiger partial charge in [0.15, 0.2) is 0 Å². The first-order valence-corrected chi connectivity index (χ1v) is 11.5. The maximum atomic E-state index is 12.0. The number of likely N-dealkylation sites (N-methyl/N-ethyl adjacent to an activating group) is 1. The van der Waals surface area contributed by atoms with E-state index in [1.807, 2.05) is 14.1 Å². The van der Waals surface area contributed by atoms with Crippen LogP contribution in [-0.2, 0) is 4.79 Å². The van der Waals surface area contributed by atoms with Crippen LogP contribution in [0.4, 0.5) is 5.69 Å². The SMILES string of the molecule is COc1ccc(N2CCN(CC(=O)N(C)C)CC2)c(C2CCC(C(C)(C)C)CC2)c1. The van der Waals surface area contributed by atoms with Gasteiger partial charge in [0.05, 0.1) is 13.7 Å². The van der Waals surface area contributed by atoms with E-state index in [1.165, 1.54) is 36.9 Å². The van der Waals surface area contributed by atoms with E-state index in [0.29, 0.717) is 17.9 Å². The van der Waals surface area contributed by atoms with Crippen LogP contribution < -0.4 is 9.64 Å². The number of anilines is 1. The van der Waals surface area contributed by atoms with E-state index in [9.17, 15) is 4.79 Å². The highest BCUT2D eigenvalue weighted by molar-refractivity contribution is 5.77. The van der Waals surface area contributed by atoms with Gasteiger partial charge in [-0.25, -0.2) is 0 Å². The van der Waals surface area contributed by atoms with Crippen LogP contribution in [0.15, 0.2) is 18.2 Å². The highest BCUT2D eigenvalue weighted by atomic mass is 16.5. The number of amides is 1. The van der Waals surface area contributed by atoms with Gasteiger partial charge in [0.1, 0.15) is 5.75 Å². The molecule has 0 radical (unpaired) electrons. The Balaban J connectivity index is 1.70. The molecule has 1 aromatic carbocycles. The lowest BCUT2D eigenvalue weighted by molar-refractivity contribution is -0.129. The zero-order valence-electron chi connectivity index (χ0n) is 19.9. The second kappa shape index (κ2) is 9.59. The normalized spacial score (nSPS) is 23.3. The van der Waals surface area contributed by atoms with Crippen LogP contribution in [0.2, 0.25) is 0 Å². The van der Waals surface area contributed by atoms with Gasteiger partial charge in [-0.05, 0) is 66.7 Å². The summed E-state index contributed by atoms with van der Waals surface area (Å²) >= 11 is 0. The molecule has 5 nitrogen and oxygen atoms in total. The van der Waals surface area contributed by atoms with E-state index in [-0.39, 0.29) is 5.91 Å². The molecule has 0 spiro atoms. The van der Waals surface area contributed by atoms with Gasteiger partial charge < -0.3 is 14.5 Å². The van der Waals surface area contributed by atoms with Gasteiger partial charge in [-0.2, -0.15) is 0 Å². The number of methoxy groups -OCH3 is 1. The third kappa shape index (κ3) is 5.48. The van der Waals surface area contributed by atoms with Crippen LogP contribution in [-0.4, -0.2) is 69.6 Å². The largest absolute Gasteiger partial charge is 0.497 e. The molecule has 0 N–H and O–H groups in total. The number of hydrogen-bond donors (Lipinski definition) is 0. The van der Waals surface area contributed by atoms with Crippen molar-refractivity contribution in [3.63, 3.8) is 0 Å². The van der Waals surface area contributed by atoms with Crippen molar-refractivity contribution < 1.29 is 9.53 Å². The molecule has 1 amide bonds. The number of ether oxygens (including phenoxy) is 1. The maximum absolute atomic E-state index is 12.0. The third-order valence-corrected chi connectivity index (χ3v) is 7.20. The Morgan fingerprint density at radius 2 is 1.70 bits per heavy atom. The first-order chi connectivity index (χ1) is 14.2. The summed E-state index contributed by atoms with van der Waals surface area (Å²) in [6.45, 7) is 11.5. The zero-order valence-corrected chi connectivity index (χ0v) is 19.9. The molecule has 0 bridgehead atoms. The molecule has 0 unspecified atom stereocenters. The lowest BCUT2D eigenvalue weighted by Gasteiger charge is -2.40. The number of rotatable bonds is 5. The Bertz CT molecular complexity index is 710. The Kier molecular flexibility index (Phi) is 7.33. The first kappa shape index (κ1) is 22.9. The Morgan fingerprint density at radius 3 is 2.23 bits per heavy atom. The van der Waals surface area contributed by atoms with E-state index in [0.717, 1.165) is 37.8 Å². The standard InChI is InChI=1S/C25H41N3O2/c1-25(2,3)20-9-7-19(8-10-20)22-17-21(30-6)11-12-23(22)28-15-13-27(14-16-28)18-24(29)26(4)5/h11-12,17,19-20H,7-10,13-16,18H2,1-6H3. The monoisotopic (exact) mass is 415 g/mol. The van der Waals surface area contributed by atoms with Crippen LogP contribution in [0.1, 0.15) is 57.9 Å². The fourth-order valence-corrected chi connectivity index (χ4v) is 5.02. The van der Waals surface area contributed by atoms with E-state index in [4.69, 9.17) is 4.74 Å². The van der Waals surface area contributed by atoms with Crippen LogP contribution in [0.25, 0.3) is 0 Å². The van der Waals surface area contributed by atoms with Crippen LogP contribution in [0.5, 0.6) is 5.75 Å². The summed E-state index contributed by atoms with van der Waals surface area (Å²) in [5.41, 5.74) is 3.23. The molecule has 1 heterocycles. The Labute approximate surface area is 183 Å². The lowest BCUT2D eigenvalue weighted by atomic mass is 9.68. The van der Waals surface area contributed by atoms with Crippen LogP contribution in [0, 0.1) is 11.3 Å². The van der Waals surface area contributed by atoms with Crippen molar-refractivity contribution in [3.05, 3.63) is 23.8 Å². The molecular weight excluding hydrogens is 374 g/mol. The second-order valence-electron chi connectivity index (χ2n) is 10.4. The van der Waals surface area contributed by atoms with Crippen molar-refractivity contribution in [1.82, 2.24) is 9.80 Å². The van der Waals surface area contributed by atoms with Crippen molar-refractivity contribution >= 4 is 11.6 Å². The highest BCUT2D eigenvalue weighted by Crippen LogP contribution is 2.45. The molecule has 1 saturated heterocycles. The van der Waals surface area contributed by atoms with Gasteiger partial charge in [0, 0.05) is 46.0 Å². The van der Waals surface area contributed by atoms with Gasteiger partial charge in [0.25, 0.3) is 0 Å². The summed E-state index contributed by atoms with van der Waals surface area (Å²) in [6, 6.07) is 6.63. The smallest absolute Gasteiger partial charge is 0.236 e. The summed E-state index contributed by atoms with van der Waals surface area (Å²) < 4.78 is 5.58. The maximum Gasteiger partial charge on any atom is 0.236 e. The van der Waals surface area contributed by atoms with E-state index >= 15 is 0 Å². The molecule has 2 aliphatic rings. The molecule has 168 valence electrons. The third-order valence-electron chi connectivity index (χ3n) is 7.20. The number of carbonyl (C=O) groups is 1. The first-order valence-electron chi connectivity index (χ1n) is 11.5. The number of carbonyl (C=O) groups excluding carboxylic acids is 1. The molecule has 2 fully saturated rings. The van der Waals surface area contributed by atoms with E-state index in [2.05, 4.69) is 48.8 Å². The average Bonchev–Trinajstić information content (AvgIpc) is 2.73. The van der Waals surface area contributed by atoms with Gasteiger partial charge in [0.2, 0.25) is 5.91 Å². The summed E-state index contributed by atoms with van der Waals surface area (Å²) in [6.07, 6.45) is 5.15. The molecule has 1 aromatic rings. The van der Waals surface area contributed by atoms with Crippen LogP contribution in [0.3, 0.4) is 0 Å². The van der Waals surface area contributed by atoms with Gasteiger partial charge in [-0.15, -0.1) is 0 Å². The fraction of sp³-hybridized carbons (Fsp3) is 0.720. The molecule has 0 aromatic heterocycles. The van der Waals surface area contributed by atoms with Gasteiger partial charge in [-0.1, -0.05) is 20.8 Å². The summed E-state index contributed by atoms with van der Waals surface area (Å²) in [5, 5.41) is 0. The van der Waals surface area contributed by atoms with Crippen molar-refractivity contribution in [1.29, 1.82) is 0 Å². The minimum absolute atomic E-state index is 0.184. The number of nitrogens with zero attached hydrogens (tertiary/aromatic N) is 3. The second-order valence-corrected chi connectivity index (χ2v) is 10.4. The predicted molar refractivity (Wildman–Crippen MR) is 124 cm³/mol. The molecule has 5 heteroatoms. The van der Waals surface area contributed by atoms with E-state index in [1.54, 1.807) is 12.0 Å². The topological polar surface area (TPSA) is 36.0 Å². The number of hydrogen-bond acceptors (Lipinski definition) is 4. The summed E-state index contributed by atoms with van der Waals surface area (Å²) in [4.78, 5) is 18.5. The predicted octanol–water partition coefficient (Wildman–Crippen LogP) is 4.23. The van der Waals surface area contributed by atoms with Crippen molar-refractivity contribution in [2.45, 2.75) is 52.4 Å². The summed E-state index contributed by atoms with van der Waals surface area (Å²) in [5.74, 6) is 2.58. The average molecular weight is 416 g/mol. The van der Waals surface area contributed by atoms with Crippen LogP contribution >= 0.6 is 0 Å². The quantitative estimate of drug-likeness (QED) is 0.721. The minimum Gasteiger partial charge on any atom is -0.497 e. The molecule has 1 saturated carbocycles. The van der Waals surface area contributed by atoms with Gasteiger partial charge in [-0.3, -0.25) is 9.69 Å². The van der Waals surface area contributed by atoms with Gasteiger partial charge >= 0.3 is 0 Å². The molecule has 3 rings (SSSR count). The van der Waals surface area contributed by atoms with Crippen molar-refractivity contribution in [2.75, 3.05) is 58.8 Å². The molecule has 1 aliphatic heterocycles. The number of benzene rings is 1. The molecular formula is C25H41N3O2. The van der Waals surface area contributed by atoms with E-state index < -0.39 is 0 Å². The summed E-state index contributed by atoms with van der Waals surface area (Å²) in [7, 11) is 5.42. The zero-order chi connectivity index (χ0) is 21.9. The van der Waals surface area contributed by atoms with Crippen molar-refractivity contribution in [2.24, 2.45) is 11.3 Å². The minimum atomic E-state index is 0.184.